The highest BCUT2D eigenvalue weighted by molar-refractivity contribution is 8.01. The standard InChI is InChI=1S/C18H19N7O6S3/c19-10(26)2-1-9(34-18-21-23-24-22-18)8-6-33-15-12(14(28)25(15)13(8)16(29)30)20-11(27)5-7-3-4-32-17(7)31/h3-4,9,12,15,31H,1-2,5-6H2,(H2,19,26)(H,20,27)(H,29,30)(H,21,22,23,24)/t9?,12?,15-/m0/s1. The maximum absolute atomic E-state index is 12.9. The summed E-state index contributed by atoms with van der Waals surface area (Å²) in [5, 5.41) is 36.6. The first-order valence-electron chi connectivity index (χ1n) is 9.90. The largest absolute Gasteiger partial charge is 0.499 e. The molecule has 3 atom stereocenters. The number of nitrogens with zero attached hydrogens (tertiary/aromatic N) is 4. The molecule has 13 nitrogen and oxygen atoms in total. The van der Waals surface area contributed by atoms with Gasteiger partial charge in [-0.25, -0.2) is 9.89 Å². The predicted molar refractivity (Wildman–Crippen MR) is 122 cm³/mol. The van der Waals surface area contributed by atoms with Crippen LogP contribution < -0.4 is 11.1 Å². The normalized spacial score (nSPS) is 20.5. The van der Waals surface area contributed by atoms with E-state index in [0.717, 1.165) is 28.0 Å². The Balaban J connectivity index is 1.53. The second kappa shape index (κ2) is 10.0. The van der Waals surface area contributed by atoms with Crippen LogP contribution in [-0.4, -0.2) is 81.8 Å². The van der Waals surface area contributed by atoms with Crippen molar-refractivity contribution < 1.29 is 29.4 Å². The van der Waals surface area contributed by atoms with Crippen LogP contribution in [0.3, 0.4) is 0 Å². The van der Waals surface area contributed by atoms with Crippen molar-refractivity contribution in [2.75, 3.05) is 5.75 Å². The zero-order valence-electron chi connectivity index (χ0n) is 17.3. The second-order valence-electron chi connectivity index (χ2n) is 7.38. The van der Waals surface area contributed by atoms with Crippen molar-refractivity contribution in [3.8, 4) is 5.06 Å². The third-order valence-electron chi connectivity index (χ3n) is 5.21. The van der Waals surface area contributed by atoms with Crippen molar-refractivity contribution in [3.63, 3.8) is 0 Å². The van der Waals surface area contributed by atoms with Crippen LogP contribution in [-0.2, 0) is 25.6 Å². The molecule has 0 radical (unpaired) electrons. The van der Waals surface area contributed by atoms with Crippen molar-refractivity contribution in [2.45, 2.75) is 41.1 Å². The van der Waals surface area contributed by atoms with Gasteiger partial charge >= 0.3 is 5.97 Å². The molecular weight excluding hydrogens is 506 g/mol. The Labute approximate surface area is 204 Å². The highest BCUT2D eigenvalue weighted by Crippen LogP contribution is 2.44. The Morgan fingerprint density at radius 3 is 2.82 bits per heavy atom. The van der Waals surface area contributed by atoms with E-state index in [-0.39, 0.29) is 35.8 Å². The number of hydrogen-bond donors (Lipinski definition) is 5. The number of nitrogens with two attached hydrogens (primary N) is 1. The number of carbonyl (C=O) groups is 4. The number of thioether (sulfide) groups is 2. The Hall–Kier alpha value is -3.11. The summed E-state index contributed by atoms with van der Waals surface area (Å²) in [4.78, 5) is 50.0. The lowest BCUT2D eigenvalue weighted by atomic mass is 9.99. The average Bonchev–Trinajstić information content (AvgIpc) is 3.45. The van der Waals surface area contributed by atoms with Gasteiger partial charge in [0.1, 0.15) is 17.1 Å². The van der Waals surface area contributed by atoms with Crippen LogP contribution in [0.4, 0.5) is 0 Å². The molecule has 3 amide bonds. The number of β-lactam (4-membered cyclic amide) rings is 1. The third kappa shape index (κ3) is 4.88. The first-order chi connectivity index (χ1) is 16.3. The number of fused-ring (bicyclic) bond motifs is 1. The molecule has 180 valence electrons. The van der Waals surface area contributed by atoms with Crippen LogP contribution in [0.5, 0.6) is 5.06 Å². The van der Waals surface area contributed by atoms with E-state index in [1.807, 2.05) is 0 Å². The molecule has 34 heavy (non-hydrogen) atoms. The number of H-pyrrole nitrogens is 1. The lowest BCUT2D eigenvalue weighted by molar-refractivity contribution is -0.150. The van der Waals surface area contributed by atoms with Gasteiger partial charge in [-0.05, 0) is 33.9 Å². The van der Waals surface area contributed by atoms with Gasteiger partial charge in [0, 0.05) is 23.0 Å². The summed E-state index contributed by atoms with van der Waals surface area (Å²) in [7, 11) is 0. The van der Waals surface area contributed by atoms with Gasteiger partial charge in [0.05, 0.1) is 6.42 Å². The summed E-state index contributed by atoms with van der Waals surface area (Å²) in [6, 6.07) is 0.736. The van der Waals surface area contributed by atoms with Gasteiger partial charge in [-0.1, -0.05) is 11.8 Å². The Morgan fingerprint density at radius 2 is 2.21 bits per heavy atom. The fourth-order valence-corrected chi connectivity index (χ4v) is 6.86. The maximum atomic E-state index is 12.9. The number of carbonyl (C=O) groups excluding carboxylic acids is 3. The molecule has 4 rings (SSSR count). The van der Waals surface area contributed by atoms with Gasteiger partial charge in [-0.15, -0.1) is 28.2 Å². The predicted octanol–water partition coefficient (Wildman–Crippen LogP) is -0.326. The lowest BCUT2D eigenvalue weighted by Crippen LogP contribution is -2.70. The molecule has 2 aromatic rings. The highest BCUT2D eigenvalue weighted by Gasteiger charge is 2.54. The number of hydrogen-bond acceptors (Lipinski definition) is 11. The summed E-state index contributed by atoms with van der Waals surface area (Å²) in [5.74, 6) is -2.57. The van der Waals surface area contributed by atoms with Crippen LogP contribution in [0.25, 0.3) is 0 Å². The maximum Gasteiger partial charge on any atom is 0.352 e. The van der Waals surface area contributed by atoms with Crippen LogP contribution in [0.1, 0.15) is 18.4 Å². The monoisotopic (exact) mass is 525 g/mol. The summed E-state index contributed by atoms with van der Waals surface area (Å²) in [6.07, 6.45) is 0.135. The van der Waals surface area contributed by atoms with Crippen molar-refractivity contribution in [1.82, 2.24) is 30.8 Å². The van der Waals surface area contributed by atoms with Gasteiger partial charge in [-0.3, -0.25) is 19.3 Å². The van der Waals surface area contributed by atoms with Gasteiger partial charge in [-0.2, -0.15) is 0 Å². The number of rotatable bonds is 10. The number of carboxylic acid groups (broad SMARTS) is 1. The summed E-state index contributed by atoms with van der Waals surface area (Å²) in [6.45, 7) is 0. The van der Waals surface area contributed by atoms with E-state index in [0.29, 0.717) is 16.3 Å². The molecule has 2 aliphatic heterocycles. The minimum Gasteiger partial charge on any atom is -0.499 e. The number of nitrogens with one attached hydrogen (secondary N) is 2. The average molecular weight is 526 g/mol. The summed E-state index contributed by atoms with van der Waals surface area (Å²) < 4.78 is 0. The fraction of sp³-hybridized carbons (Fsp3) is 0.389. The number of thiophene rings is 1. The van der Waals surface area contributed by atoms with E-state index in [9.17, 15) is 29.4 Å². The van der Waals surface area contributed by atoms with E-state index in [4.69, 9.17) is 5.73 Å². The molecule has 0 bridgehead atoms. The van der Waals surface area contributed by atoms with E-state index in [1.54, 1.807) is 11.4 Å². The minimum atomic E-state index is -1.29. The van der Waals surface area contributed by atoms with Crippen molar-refractivity contribution in [1.29, 1.82) is 0 Å². The quantitative estimate of drug-likeness (QED) is 0.201. The molecule has 16 heteroatoms. The number of tetrazole rings is 1. The molecule has 2 unspecified atom stereocenters. The van der Waals surface area contributed by atoms with Gasteiger partial charge in [0.25, 0.3) is 5.91 Å². The highest BCUT2D eigenvalue weighted by atomic mass is 32.2. The Morgan fingerprint density at radius 1 is 1.41 bits per heavy atom. The number of aromatic hydroxyl groups is 1. The topological polar surface area (TPSA) is 204 Å². The summed E-state index contributed by atoms with van der Waals surface area (Å²) >= 11 is 3.55. The molecule has 2 aliphatic rings. The Bertz CT molecular complexity index is 1150. The van der Waals surface area contributed by atoms with E-state index in [2.05, 4.69) is 25.9 Å². The first-order valence-corrected chi connectivity index (χ1v) is 12.7. The molecule has 1 fully saturated rings. The number of aromatic nitrogens is 4. The molecule has 0 spiro atoms. The van der Waals surface area contributed by atoms with Crippen LogP contribution >= 0.6 is 34.9 Å². The van der Waals surface area contributed by atoms with Crippen LogP contribution in [0, 0.1) is 0 Å². The summed E-state index contributed by atoms with van der Waals surface area (Å²) in [5.41, 5.74) is 6.01. The SMILES string of the molecule is NC(=O)CCC(Sc1nnn[nH]1)C1=C(C(=O)O)N2C(=O)C(NC(=O)Cc3ccsc3O)[C@@H]2SC1. The molecular formula is C18H19N7O6S3. The van der Waals surface area contributed by atoms with Crippen molar-refractivity contribution in [3.05, 3.63) is 28.3 Å². The molecule has 6 N–H and O–H groups in total. The lowest BCUT2D eigenvalue weighted by Gasteiger charge is -2.50. The molecule has 4 heterocycles. The van der Waals surface area contributed by atoms with Gasteiger partial charge < -0.3 is 21.3 Å². The molecule has 0 aliphatic carbocycles. The van der Waals surface area contributed by atoms with Crippen LogP contribution in [0.2, 0.25) is 0 Å². The number of amides is 3. The van der Waals surface area contributed by atoms with E-state index < -0.39 is 40.4 Å². The van der Waals surface area contributed by atoms with Crippen LogP contribution in [0.15, 0.2) is 27.9 Å². The van der Waals surface area contributed by atoms with Gasteiger partial charge in [0.2, 0.25) is 17.0 Å². The van der Waals surface area contributed by atoms with Crippen molar-refractivity contribution in [2.24, 2.45) is 5.73 Å². The molecule has 1 saturated heterocycles. The third-order valence-corrected chi connectivity index (χ3v) is 8.47. The number of aromatic amines is 1. The minimum absolute atomic E-state index is 0.00574. The van der Waals surface area contributed by atoms with Crippen molar-refractivity contribution >= 4 is 58.6 Å². The van der Waals surface area contributed by atoms with E-state index in [1.165, 1.54) is 11.8 Å². The molecule has 0 aromatic carbocycles. The fourth-order valence-electron chi connectivity index (χ4n) is 3.66. The first kappa shape index (κ1) is 24.0. The zero-order chi connectivity index (χ0) is 24.4. The number of carboxylic acids is 1. The number of primary amides is 1. The Kier molecular flexibility index (Phi) is 7.08. The zero-order valence-corrected chi connectivity index (χ0v) is 19.8. The molecule has 0 saturated carbocycles. The molecule has 2 aromatic heterocycles. The second-order valence-corrected chi connectivity index (χ2v) is 10.6. The van der Waals surface area contributed by atoms with E-state index >= 15 is 0 Å². The van der Waals surface area contributed by atoms with Gasteiger partial charge in [0.15, 0.2) is 5.06 Å². The smallest absolute Gasteiger partial charge is 0.352 e. The number of aliphatic carboxylic acids is 1.